The van der Waals surface area contributed by atoms with E-state index in [1.54, 1.807) is 30.5 Å². The van der Waals surface area contributed by atoms with Gasteiger partial charge >= 0.3 is 0 Å². The van der Waals surface area contributed by atoms with Gasteiger partial charge in [0.2, 0.25) is 0 Å². The molecule has 0 fully saturated rings. The van der Waals surface area contributed by atoms with Crippen LogP contribution in [0.3, 0.4) is 0 Å². The standard InChI is InChI=1S/C22H18N4O2/c1-13-6-5-11-25-19(13)14-9-10-18(24-2)17(12-14)20(23)26-21(27)15-7-3-4-8-16(15)22(26)28/h3-12,23-24H,1-2H3/p+1. The maximum atomic E-state index is 12.8. The minimum absolute atomic E-state index is 0.130. The van der Waals surface area contributed by atoms with Gasteiger partial charge in [-0.2, -0.15) is 0 Å². The monoisotopic (exact) mass is 371 g/mol. The van der Waals surface area contributed by atoms with Crippen molar-refractivity contribution in [1.82, 2.24) is 9.88 Å². The molecule has 28 heavy (non-hydrogen) atoms. The fourth-order valence-electron chi connectivity index (χ4n) is 3.46. The summed E-state index contributed by atoms with van der Waals surface area (Å²) in [6, 6.07) is 16.1. The predicted molar refractivity (Wildman–Crippen MR) is 106 cm³/mol. The van der Waals surface area contributed by atoms with Crippen LogP contribution in [0.25, 0.3) is 11.3 Å². The summed E-state index contributed by atoms with van der Waals surface area (Å²) in [7, 11) is 1.86. The van der Waals surface area contributed by atoms with Crippen molar-refractivity contribution < 1.29 is 14.9 Å². The summed E-state index contributed by atoms with van der Waals surface area (Å²) in [4.78, 5) is 30.9. The second kappa shape index (κ2) is 6.83. The van der Waals surface area contributed by atoms with Gasteiger partial charge in [-0.15, -0.1) is 0 Å². The second-order valence-electron chi connectivity index (χ2n) is 6.60. The molecule has 1 aliphatic rings. The number of aryl methyl sites for hydroxylation is 1. The first-order valence-corrected chi connectivity index (χ1v) is 8.95. The summed E-state index contributed by atoms with van der Waals surface area (Å²) < 4.78 is 0. The van der Waals surface area contributed by atoms with Crippen LogP contribution in [0.1, 0.15) is 31.8 Å². The van der Waals surface area contributed by atoms with Crippen LogP contribution in [-0.4, -0.2) is 34.6 Å². The SMILES string of the molecule is C[NH2+]c1ccc(-c2ncccc2C)cc1C(=N)N1C(=O)c2ccccc2C1=O. The third-order valence-corrected chi connectivity index (χ3v) is 4.92. The number of pyridine rings is 1. The van der Waals surface area contributed by atoms with E-state index >= 15 is 0 Å². The number of carbonyl (C=O) groups excluding carboxylic acids is 2. The van der Waals surface area contributed by atoms with Crippen LogP contribution in [0.2, 0.25) is 0 Å². The van der Waals surface area contributed by atoms with Gasteiger partial charge in [0.15, 0.2) is 0 Å². The molecule has 6 heteroatoms. The van der Waals surface area contributed by atoms with E-state index in [9.17, 15) is 9.59 Å². The number of amidine groups is 1. The van der Waals surface area contributed by atoms with Gasteiger partial charge in [0.25, 0.3) is 11.8 Å². The summed E-state index contributed by atoms with van der Waals surface area (Å²) in [5, 5.41) is 10.5. The van der Waals surface area contributed by atoms with Crippen LogP contribution in [0.15, 0.2) is 60.8 Å². The number of nitrogens with zero attached hydrogens (tertiary/aromatic N) is 2. The minimum atomic E-state index is -0.466. The smallest absolute Gasteiger partial charge is 0.267 e. The van der Waals surface area contributed by atoms with Crippen molar-refractivity contribution in [1.29, 1.82) is 5.41 Å². The summed E-state index contributed by atoms with van der Waals surface area (Å²) in [5.41, 5.74) is 4.60. The summed E-state index contributed by atoms with van der Waals surface area (Å²) in [5.74, 6) is -1.06. The molecule has 2 aromatic carbocycles. The molecule has 1 aliphatic heterocycles. The molecule has 2 amide bonds. The number of amides is 2. The number of carbonyl (C=O) groups is 2. The number of rotatable bonds is 3. The molecule has 0 bridgehead atoms. The molecule has 0 radical (unpaired) electrons. The predicted octanol–water partition coefficient (Wildman–Crippen LogP) is 2.50. The lowest BCUT2D eigenvalue weighted by Crippen LogP contribution is -2.73. The van der Waals surface area contributed by atoms with Gasteiger partial charge in [0.1, 0.15) is 11.5 Å². The molecule has 0 aliphatic carbocycles. The fraction of sp³-hybridized carbons (Fsp3) is 0.0909. The van der Waals surface area contributed by atoms with E-state index in [0.717, 1.165) is 27.4 Å². The van der Waals surface area contributed by atoms with E-state index in [4.69, 9.17) is 5.41 Å². The minimum Gasteiger partial charge on any atom is -0.316 e. The van der Waals surface area contributed by atoms with Crippen molar-refractivity contribution in [3.63, 3.8) is 0 Å². The van der Waals surface area contributed by atoms with E-state index in [2.05, 4.69) is 4.98 Å². The van der Waals surface area contributed by atoms with E-state index in [-0.39, 0.29) is 5.84 Å². The van der Waals surface area contributed by atoms with Crippen molar-refractivity contribution in [2.24, 2.45) is 0 Å². The molecule has 1 aromatic heterocycles. The van der Waals surface area contributed by atoms with Crippen LogP contribution in [0.5, 0.6) is 0 Å². The number of imide groups is 1. The third-order valence-electron chi connectivity index (χ3n) is 4.92. The Hall–Kier alpha value is -3.64. The van der Waals surface area contributed by atoms with Gasteiger partial charge in [-0.3, -0.25) is 20.0 Å². The highest BCUT2D eigenvalue weighted by atomic mass is 16.2. The zero-order valence-corrected chi connectivity index (χ0v) is 15.6. The van der Waals surface area contributed by atoms with E-state index in [0.29, 0.717) is 16.7 Å². The Bertz CT molecular complexity index is 1100. The Labute approximate surface area is 162 Å². The molecule has 0 spiro atoms. The first kappa shape index (κ1) is 17.8. The van der Waals surface area contributed by atoms with Crippen LogP contribution < -0.4 is 5.32 Å². The Morgan fingerprint density at radius 3 is 2.29 bits per heavy atom. The van der Waals surface area contributed by atoms with E-state index in [1.807, 2.05) is 49.6 Å². The molecule has 0 saturated carbocycles. The Balaban J connectivity index is 1.80. The maximum Gasteiger partial charge on any atom is 0.267 e. The highest BCUT2D eigenvalue weighted by Crippen LogP contribution is 2.28. The van der Waals surface area contributed by atoms with Gasteiger partial charge in [0, 0.05) is 17.8 Å². The number of nitrogens with two attached hydrogens (primary N) is 1. The average Bonchev–Trinajstić information content (AvgIpc) is 2.98. The molecule has 3 aromatic rings. The number of hydrogen-bond acceptors (Lipinski definition) is 4. The summed E-state index contributed by atoms with van der Waals surface area (Å²) in [6.07, 6.45) is 1.72. The van der Waals surface area contributed by atoms with Crippen molar-refractivity contribution in [2.75, 3.05) is 7.05 Å². The average molecular weight is 371 g/mol. The van der Waals surface area contributed by atoms with Crippen LogP contribution >= 0.6 is 0 Å². The number of fused-ring (bicyclic) bond motifs is 1. The van der Waals surface area contributed by atoms with Crippen LogP contribution in [0.4, 0.5) is 5.69 Å². The number of benzene rings is 2. The van der Waals surface area contributed by atoms with Gasteiger partial charge in [-0.1, -0.05) is 18.2 Å². The molecule has 0 unspecified atom stereocenters. The summed E-state index contributed by atoms with van der Waals surface area (Å²) >= 11 is 0. The van der Waals surface area contributed by atoms with E-state index in [1.165, 1.54) is 0 Å². The van der Waals surface area contributed by atoms with Crippen molar-refractivity contribution in [3.8, 4) is 11.3 Å². The zero-order valence-electron chi connectivity index (χ0n) is 15.6. The Morgan fingerprint density at radius 2 is 1.68 bits per heavy atom. The zero-order chi connectivity index (χ0) is 19.8. The highest BCUT2D eigenvalue weighted by molar-refractivity contribution is 6.32. The largest absolute Gasteiger partial charge is 0.316 e. The molecule has 6 nitrogen and oxygen atoms in total. The van der Waals surface area contributed by atoms with Gasteiger partial charge in [0.05, 0.1) is 29.4 Å². The third kappa shape index (κ3) is 2.71. The molecule has 138 valence electrons. The maximum absolute atomic E-state index is 12.8. The van der Waals surface area contributed by atoms with Crippen molar-refractivity contribution in [3.05, 3.63) is 83.0 Å². The first-order valence-electron chi connectivity index (χ1n) is 8.95. The van der Waals surface area contributed by atoms with Gasteiger partial charge in [-0.05, 0) is 42.8 Å². The lowest BCUT2D eigenvalue weighted by atomic mass is 10.0. The Morgan fingerprint density at radius 1 is 1.00 bits per heavy atom. The molecular formula is C22H19N4O2+. The molecule has 0 saturated heterocycles. The number of aromatic nitrogens is 1. The second-order valence-corrected chi connectivity index (χ2v) is 6.60. The van der Waals surface area contributed by atoms with Crippen LogP contribution in [0, 0.1) is 12.3 Å². The highest BCUT2D eigenvalue weighted by Gasteiger charge is 2.39. The van der Waals surface area contributed by atoms with E-state index < -0.39 is 11.8 Å². The van der Waals surface area contributed by atoms with Gasteiger partial charge in [-0.25, -0.2) is 4.90 Å². The summed E-state index contributed by atoms with van der Waals surface area (Å²) in [6.45, 7) is 1.97. The number of hydrogen-bond donors (Lipinski definition) is 2. The molecule has 3 N–H and O–H groups in total. The lowest BCUT2D eigenvalue weighted by Gasteiger charge is -2.17. The normalized spacial score (nSPS) is 13.0. The molecule has 2 heterocycles. The fourth-order valence-corrected chi connectivity index (χ4v) is 3.46. The quantitative estimate of drug-likeness (QED) is 0.321. The molecule has 4 rings (SSSR count). The Kier molecular flexibility index (Phi) is 4.33. The number of nitrogens with one attached hydrogen (secondary N) is 1. The van der Waals surface area contributed by atoms with Crippen LogP contribution in [-0.2, 0) is 0 Å². The lowest BCUT2D eigenvalue weighted by molar-refractivity contribution is -0.539. The van der Waals surface area contributed by atoms with Gasteiger partial charge < -0.3 is 5.32 Å². The number of quaternary nitrogens is 1. The molecule has 0 atom stereocenters. The van der Waals surface area contributed by atoms with Crippen molar-refractivity contribution in [2.45, 2.75) is 6.92 Å². The molecular weight excluding hydrogens is 352 g/mol. The first-order chi connectivity index (χ1) is 13.5. The topological polar surface area (TPSA) is 90.7 Å². The van der Waals surface area contributed by atoms with Crippen molar-refractivity contribution >= 4 is 23.3 Å².